The number of aliphatic hydroxyl groups is 1. The van der Waals surface area contributed by atoms with Crippen molar-refractivity contribution in [2.24, 2.45) is 0 Å². The molecule has 0 radical (unpaired) electrons. The van der Waals surface area contributed by atoms with Gasteiger partial charge in [-0.2, -0.15) is 0 Å². The molecule has 6 heteroatoms. The molecule has 6 nitrogen and oxygen atoms in total. The van der Waals surface area contributed by atoms with E-state index in [4.69, 9.17) is 0 Å². The maximum Gasteiger partial charge on any atom is 0.251 e. The fraction of sp³-hybridized carbons (Fsp3) is 0.222. The number of rotatable bonds is 10. The summed E-state index contributed by atoms with van der Waals surface area (Å²) >= 11 is 0. The molecule has 33 heavy (non-hydrogen) atoms. The molecule has 0 aromatic heterocycles. The van der Waals surface area contributed by atoms with Crippen molar-refractivity contribution in [1.82, 2.24) is 10.6 Å². The summed E-state index contributed by atoms with van der Waals surface area (Å²) in [5.41, 5.74) is 2.86. The molecule has 0 bridgehead atoms. The Labute approximate surface area is 193 Å². The highest BCUT2D eigenvalue weighted by Gasteiger charge is 2.24. The third-order valence-corrected chi connectivity index (χ3v) is 5.35. The Morgan fingerprint density at radius 2 is 1.30 bits per heavy atom. The molecule has 0 fully saturated rings. The van der Waals surface area contributed by atoms with Gasteiger partial charge in [0.25, 0.3) is 5.91 Å². The molecule has 0 aliphatic carbocycles. The number of hydrogen-bond acceptors (Lipinski definition) is 4. The molecule has 3 N–H and O–H groups in total. The summed E-state index contributed by atoms with van der Waals surface area (Å²) in [7, 11) is 0. The van der Waals surface area contributed by atoms with Crippen molar-refractivity contribution in [1.29, 1.82) is 0 Å². The quantitative estimate of drug-likeness (QED) is 0.419. The van der Waals surface area contributed by atoms with E-state index in [1.807, 2.05) is 48.5 Å². The molecule has 0 unspecified atom stereocenters. The molecular formula is C27H28N2O4. The lowest BCUT2D eigenvalue weighted by Gasteiger charge is -2.23. The number of nitrogens with one attached hydrogen (secondary N) is 2. The standard InChI is InChI=1S/C27H28N2O4/c1-19(31)22-14-12-21(13-15-22)16-24(18-30)28-27(33)25(17-20-8-4-2-5-9-20)29-26(32)23-10-6-3-7-11-23/h2-15,24-25,30H,16-18H2,1H3,(H,28,33)(H,29,32)/t24-,25-/m0/s1. The largest absolute Gasteiger partial charge is 0.394 e. The molecule has 3 aromatic carbocycles. The second-order valence-corrected chi connectivity index (χ2v) is 7.93. The van der Waals surface area contributed by atoms with E-state index < -0.39 is 12.1 Å². The van der Waals surface area contributed by atoms with Crippen LogP contribution in [0.25, 0.3) is 0 Å². The van der Waals surface area contributed by atoms with Crippen LogP contribution in [0.5, 0.6) is 0 Å². The van der Waals surface area contributed by atoms with Crippen LogP contribution < -0.4 is 10.6 Å². The Kier molecular flexibility index (Phi) is 8.49. The van der Waals surface area contributed by atoms with Gasteiger partial charge in [-0.1, -0.05) is 72.8 Å². The van der Waals surface area contributed by atoms with E-state index in [9.17, 15) is 19.5 Å². The van der Waals surface area contributed by atoms with Gasteiger partial charge in [-0.3, -0.25) is 14.4 Å². The zero-order valence-corrected chi connectivity index (χ0v) is 18.5. The Balaban J connectivity index is 1.71. The molecule has 3 rings (SSSR count). The molecule has 2 atom stereocenters. The number of benzene rings is 3. The smallest absolute Gasteiger partial charge is 0.251 e. The Morgan fingerprint density at radius 1 is 0.727 bits per heavy atom. The molecule has 0 spiro atoms. The maximum absolute atomic E-state index is 13.1. The summed E-state index contributed by atoms with van der Waals surface area (Å²) in [6.45, 7) is 1.24. The minimum absolute atomic E-state index is 0.0218. The number of aliphatic hydroxyl groups excluding tert-OH is 1. The van der Waals surface area contributed by atoms with Gasteiger partial charge < -0.3 is 15.7 Å². The van der Waals surface area contributed by atoms with Crippen LogP contribution in [0, 0.1) is 0 Å². The van der Waals surface area contributed by atoms with E-state index in [-0.39, 0.29) is 24.2 Å². The van der Waals surface area contributed by atoms with Crippen molar-refractivity contribution < 1.29 is 19.5 Å². The van der Waals surface area contributed by atoms with Gasteiger partial charge in [0.15, 0.2) is 5.78 Å². The van der Waals surface area contributed by atoms with Crippen LogP contribution in [0.2, 0.25) is 0 Å². The molecule has 0 aliphatic rings. The van der Waals surface area contributed by atoms with E-state index >= 15 is 0 Å². The molecule has 0 heterocycles. The SMILES string of the molecule is CC(=O)c1ccc(C[C@@H](CO)NC(=O)[C@H](Cc2ccccc2)NC(=O)c2ccccc2)cc1. The zero-order valence-electron chi connectivity index (χ0n) is 18.5. The van der Waals surface area contributed by atoms with Gasteiger partial charge in [0.2, 0.25) is 5.91 Å². The molecule has 2 amide bonds. The Morgan fingerprint density at radius 3 is 1.88 bits per heavy atom. The highest BCUT2D eigenvalue weighted by Crippen LogP contribution is 2.10. The number of carbonyl (C=O) groups excluding carboxylic acids is 3. The third kappa shape index (κ3) is 7.12. The van der Waals surface area contributed by atoms with Crippen molar-refractivity contribution in [3.63, 3.8) is 0 Å². The Bertz CT molecular complexity index is 1070. The van der Waals surface area contributed by atoms with E-state index in [0.717, 1.165) is 11.1 Å². The first kappa shape index (κ1) is 23.9. The van der Waals surface area contributed by atoms with Crippen LogP contribution in [0.4, 0.5) is 0 Å². The summed E-state index contributed by atoms with van der Waals surface area (Å²) in [5, 5.41) is 15.5. The molecule has 0 aliphatic heterocycles. The predicted molar refractivity (Wildman–Crippen MR) is 127 cm³/mol. The lowest BCUT2D eigenvalue weighted by molar-refractivity contribution is -0.124. The first-order valence-corrected chi connectivity index (χ1v) is 10.9. The number of amides is 2. The molecular weight excluding hydrogens is 416 g/mol. The van der Waals surface area contributed by atoms with E-state index in [2.05, 4.69) is 10.6 Å². The summed E-state index contributed by atoms with van der Waals surface area (Å²) in [6, 6.07) is 23.9. The van der Waals surface area contributed by atoms with Gasteiger partial charge in [0.1, 0.15) is 6.04 Å². The summed E-state index contributed by atoms with van der Waals surface area (Å²) in [4.78, 5) is 37.3. The van der Waals surface area contributed by atoms with Crippen LogP contribution in [0.1, 0.15) is 38.8 Å². The third-order valence-electron chi connectivity index (χ3n) is 5.35. The monoisotopic (exact) mass is 444 g/mol. The first-order chi connectivity index (χ1) is 16.0. The van der Waals surface area contributed by atoms with E-state index in [0.29, 0.717) is 24.0 Å². The maximum atomic E-state index is 13.1. The second-order valence-electron chi connectivity index (χ2n) is 7.93. The summed E-state index contributed by atoms with van der Waals surface area (Å²) < 4.78 is 0. The molecule has 3 aromatic rings. The van der Waals surface area contributed by atoms with Crippen molar-refractivity contribution in [2.75, 3.05) is 6.61 Å². The average Bonchev–Trinajstić information content (AvgIpc) is 2.84. The van der Waals surface area contributed by atoms with Crippen LogP contribution in [0.3, 0.4) is 0 Å². The van der Waals surface area contributed by atoms with Gasteiger partial charge in [0, 0.05) is 17.5 Å². The molecule has 0 saturated heterocycles. The number of carbonyl (C=O) groups is 3. The molecule has 170 valence electrons. The van der Waals surface area contributed by atoms with Gasteiger partial charge in [-0.15, -0.1) is 0 Å². The van der Waals surface area contributed by atoms with Crippen LogP contribution in [-0.4, -0.2) is 41.4 Å². The van der Waals surface area contributed by atoms with Crippen molar-refractivity contribution in [3.8, 4) is 0 Å². The van der Waals surface area contributed by atoms with Crippen LogP contribution in [0.15, 0.2) is 84.9 Å². The van der Waals surface area contributed by atoms with Crippen LogP contribution in [-0.2, 0) is 17.6 Å². The lowest BCUT2D eigenvalue weighted by Crippen LogP contribution is -2.52. The Hall–Kier alpha value is -3.77. The normalized spacial score (nSPS) is 12.4. The van der Waals surface area contributed by atoms with Crippen molar-refractivity contribution in [3.05, 3.63) is 107 Å². The highest BCUT2D eigenvalue weighted by atomic mass is 16.3. The number of ketones is 1. The van der Waals surface area contributed by atoms with Crippen molar-refractivity contribution >= 4 is 17.6 Å². The predicted octanol–water partition coefficient (Wildman–Crippen LogP) is 2.95. The zero-order chi connectivity index (χ0) is 23.6. The lowest BCUT2D eigenvalue weighted by atomic mass is 10.0. The van der Waals surface area contributed by atoms with E-state index in [1.165, 1.54) is 6.92 Å². The summed E-state index contributed by atoms with van der Waals surface area (Å²) in [6.07, 6.45) is 0.710. The number of Topliss-reactive ketones (excluding diaryl/α,β-unsaturated/α-hetero) is 1. The second kappa shape index (κ2) is 11.7. The first-order valence-electron chi connectivity index (χ1n) is 10.9. The summed E-state index contributed by atoms with van der Waals surface area (Å²) in [5.74, 6) is -0.735. The van der Waals surface area contributed by atoms with Gasteiger partial charge in [-0.05, 0) is 36.6 Å². The van der Waals surface area contributed by atoms with E-state index in [1.54, 1.807) is 36.4 Å². The fourth-order valence-corrected chi connectivity index (χ4v) is 3.51. The van der Waals surface area contributed by atoms with Gasteiger partial charge in [-0.25, -0.2) is 0 Å². The van der Waals surface area contributed by atoms with Gasteiger partial charge >= 0.3 is 0 Å². The number of hydrogen-bond donors (Lipinski definition) is 3. The average molecular weight is 445 g/mol. The van der Waals surface area contributed by atoms with Gasteiger partial charge in [0.05, 0.1) is 12.6 Å². The highest BCUT2D eigenvalue weighted by molar-refractivity contribution is 5.97. The molecule has 0 saturated carbocycles. The van der Waals surface area contributed by atoms with Crippen molar-refractivity contribution in [2.45, 2.75) is 31.8 Å². The minimum atomic E-state index is -0.811. The topological polar surface area (TPSA) is 95.5 Å². The van der Waals surface area contributed by atoms with Crippen LogP contribution >= 0.6 is 0 Å². The minimum Gasteiger partial charge on any atom is -0.394 e. The fourth-order valence-electron chi connectivity index (χ4n) is 3.51.